The predicted molar refractivity (Wildman–Crippen MR) is 151 cm³/mol. The zero-order valence-corrected chi connectivity index (χ0v) is 23.8. The second-order valence-electron chi connectivity index (χ2n) is 9.49. The number of rotatable bonds is 6. The van der Waals surface area contributed by atoms with Crippen molar-refractivity contribution in [1.29, 1.82) is 0 Å². The molecule has 0 bridgehead atoms. The Labute approximate surface area is 239 Å². The lowest BCUT2D eigenvalue weighted by molar-refractivity contribution is 0.0600. The number of aryl methyl sites for hydroxylation is 1. The summed E-state index contributed by atoms with van der Waals surface area (Å²) in [6.07, 6.45) is 2.83. The van der Waals surface area contributed by atoms with E-state index < -0.39 is 23.5 Å². The number of nitrogens with zero attached hydrogens (tertiary/aromatic N) is 5. The molecule has 4 heterocycles. The second kappa shape index (κ2) is 10.4. The molecule has 206 valence electrons. The fourth-order valence-corrected chi connectivity index (χ4v) is 5.34. The summed E-state index contributed by atoms with van der Waals surface area (Å²) in [4.78, 5) is 50.2. The molecule has 0 aliphatic carbocycles. The van der Waals surface area contributed by atoms with Crippen molar-refractivity contribution in [2.75, 3.05) is 19.1 Å². The molecule has 0 radical (unpaired) electrons. The van der Waals surface area contributed by atoms with Gasteiger partial charge in [-0.15, -0.1) is 0 Å². The van der Waals surface area contributed by atoms with E-state index in [1.165, 1.54) is 42.1 Å². The zero-order chi connectivity index (χ0) is 28.9. The number of esters is 1. The van der Waals surface area contributed by atoms with E-state index in [9.17, 15) is 14.4 Å². The van der Waals surface area contributed by atoms with Crippen molar-refractivity contribution >= 4 is 40.8 Å². The van der Waals surface area contributed by atoms with E-state index in [2.05, 4.69) is 4.98 Å². The Morgan fingerprint density at radius 2 is 1.75 bits per heavy atom. The molecule has 1 aliphatic rings. The van der Waals surface area contributed by atoms with E-state index in [-0.39, 0.29) is 28.9 Å². The van der Waals surface area contributed by atoms with Crippen molar-refractivity contribution in [3.05, 3.63) is 91.7 Å². The second-order valence-corrected chi connectivity index (χ2v) is 10.4. The van der Waals surface area contributed by atoms with Gasteiger partial charge in [-0.1, -0.05) is 35.3 Å². The molecule has 10 nitrogen and oxygen atoms in total. The summed E-state index contributed by atoms with van der Waals surface area (Å²) in [5, 5.41) is 0.819. The summed E-state index contributed by atoms with van der Waals surface area (Å²) in [7, 11) is 4.30. The smallest absolute Gasteiger partial charge is 0.339 e. The molecule has 1 aromatic carbocycles. The van der Waals surface area contributed by atoms with Crippen LogP contribution in [0.25, 0.3) is 11.4 Å². The third-order valence-electron chi connectivity index (χ3n) is 6.69. The molecule has 3 aromatic heterocycles. The number of carbonyl (C=O) groups excluding carboxylic acids is 2. The van der Waals surface area contributed by atoms with E-state index in [1.807, 2.05) is 18.4 Å². The Morgan fingerprint density at radius 3 is 2.38 bits per heavy atom. The minimum absolute atomic E-state index is 0.113. The normalized spacial score (nSPS) is 14.6. The molecule has 0 saturated heterocycles. The van der Waals surface area contributed by atoms with Crippen LogP contribution in [0.3, 0.4) is 0 Å². The van der Waals surface area contributed by atoms with Gasteiger partial charge in [0.1, 0.15) is 17.6 Å². The third kappa shape index (κ3) is 4.43. The van der Waals surface area contributed by atoms with Gasteiger partial charge in [0.05, 0.1) is 36.1 Å². The predicted octanol–water partition coefficient (Wildman–Crippen LogP) is 5.08. The highest BCUT2D eigenvalue weighted by Gasteiger charge is 2.46. The molecular weight excluding hydrogens is 557 g/mol. The number of hydrogen-bond acceptors (Lipinski definition) is 7. The standard InChI is InChI=1S/C28H25Cl2N5O5/c1-14(2)34-23-21(32-24(34)19-10-16(28(38)40-5)12-31-25(19)39-4)27(37)35(20-11-18(30)13-33(3)26(20)36)22(23)15-6-8-17(29)9-7-15/h6-14,22H,1-5H3/t22-/m0/s1. The Morgan fingerprint density at radius 1 is 1.05 bits per heavy atom. The maximum atomic E-state index is 14.1. The van der Waals surface area contributed by atoms with Gasteiger partial charge in [-0.3, -0.25) is 14.5 Å². The zero-order valence-electron chi connectivity index (χ0n) is 22.3. The average molecular weight is 582 g/mol. The fourth-order valence-electron chi connectivity index (χ4n) is 4.96. The van der Waals surface area contributed by atoms with Crippen LogP contribution < -0.4 is 15.2 Å². The highest BCUT2D eigenvalue weighted by molar-refractivity contribution is 6.31. The first-order valence-corrected chi connectivity index (χ1v) is 13.0. The molecule has 0 spiro atoms. The molecule has 1 amide bonds. The van der Waals surface area contributed by atoms with Crippen LogP contribution in [0, 0.1) is 0 Å². The van der Waals surface area contributed by atoms with Gasteiger partial charge in [0.2, 0.25) is 5.88 Å². The van der Waals surface area contributed by atoms with Crippen molar-refractivity contribution in [2.45, 2.75) is 25.9 Å². The third-order valence-corrected chi connectivity index (χ3v) is 7.14. The maximum absolute atomic E-state index is 14.1. The van der Waals surface area contributed by atoms with Gasteiger partial charge in [-0.05, 0) is 43.7 Å². The van der Waals surface area contributed by atoms with Crippen LogP contribution >= 0.6 is 23.2 Å². The summed E-state index contributed by atoms with van der Waals surface area (Å²) >= 11 is 12.5. The van der Waals surface area contributed by atoms with Crippen LogP contribution in [0.5, 0.6) is 5.88 Å². The van der Waals surface area contributed by atoms with Crippen molar-refractivity contribution in [3.8, 4) is 17.3 Å². The Balaban J connectivity index is 1.82. The monoisotopic (exact) mass is 581 g/mol. The molecule has 0 saturated carbocycles. The summed E-state index contributed by atoms with van der Waals surface area (Å²) in [6.45, 7) is 3.89. The van der Waals surface area contributed by atoms with Gasteiger partial charge in [0, 0.05) is 30.5 Å². The lowest BCUT2D eigenvalue weighted by atomic mass is 10.0. The number of fused-ring (bicyclic) bond motifs is 1. The van der Waals surface area contributed by atoms with E-state index in [4.69, 9.17) is 37.7 Å². The molecule has 0 N–H and O–H groups in total. The van der Waals surface area contributed by atoms with Crippen molar-refractivity contribution in [1.82, 2.24) is 19.1 Å². The molecule has 12 heteroatoms. The molecule has 1 aliphatic heterocycles. The fraction of sp³-hybridized carbons (Fsp3) is 0.250. The number of methoxy groups -OCH3 is 2. The maximum Gasteiger partial charge on any atom is 0.339 e. The number of benzene rings is 1. The topological polar surface area (TPSA) is 109 Å². The number of ether oxygens (including phenoxy) is 2. The van der Waals surface area contributed by atoms with Crippen LogP contribution in [0.1, 0.15) is 58.0 Å². The first kappa shape index (κ1) is 27.4. The van der Waals surface area contributed by atoms with Crippen molar-refractivity contribution < 1.29 is 19.1 Å². The molecule has 40 heavy (non-hydrogen) atoms. The molecule has 1 atom stereocenters. The van der Waals surface area contributed by atoms with Crippen molar-refractivity contribution in [2.24, 2.45) is 7.05 Å². The lowest BCUT2D eigenvalue weighted by Crippen LogP contribution is -2.36. The Bertz CT molecular complexity index is 1710. The van der Waals surface area contributed by atoms with Gasteiger partial charge in [0.15, 0.2) is 5.69 Å². The largest absolute Gasteiger partial charge is 0.480 e. The van der Waals surface area contributed by atoms with E-state index in [1.54, 1.807) is 37.4 Å². The van der Waals surface area contributed by atoms with E-state index in [0.29, 0.717) is 32.7 Å². The number of imidazole rings is 1. The Kier molecular flexibility index (Phi) is 7.16. The summed E-state index contributed by atoms with van der Waals surface area (Å²) in [6, 6.07) is 9.14. The number of amides is 1. The quantitative estimate of drug-likeness (QED) is 0.292. The van der Waals surface area contributed by atoms with Gasteiger partial charge in [-0.25, -0.2) is 14.8 Å². The van der Waals surface area contributed by atoms with Gasteiger partial charge >= 0.3 is 5.97 Å². The molecule has 0 unspecified atom stereocenters. The summed E-state index contributed by atoms with van der Waals surface area (Å²) in [5.41, 5.74) is 1.74. The van der Waals surface area contributed by atoms with Crippen LogP contribution in [0.15, 0.2) is 53.6 Å². The van der Waals surface area contributed by atoms with Crippen LogP contribution in [0.4, 0.5) is 5.69 Å². The number of anilines is 1. The number of pyridine rings is 2. The van der Waals surface area contributed by atoms with Gasteiger partial charge < -0.3 is 18.6 Å². The first-order valence-electron chi connectivity index (χ1n) is 12.3. The summed E-state index contributed by atoms with van der Waals surface area (Å²) < 4.78 is 13.6. The number of halogens is 2. The highest BCUT2D eigenvalue weighted by atomic mass is 35.5. The van der Waals surface area contributed by atoms with Crippen molar-refractivity contribution in [3.63, 3.8) is 0 Å². The van der Waals surface area contributed by atoms with Crippen LogP contribution in [-0.4, -0.2) is 45.2 Å². The molecule has 5 rings (SSSR count). The molecule has 4 aromatic rings. The average Bonchev–Trinajstić information content (AvgIpc) is 3.45. The Hall–Kier alpha value is -4.15. The number of carbonyl (C=O) groups is 2. The van der Waals surface area contributed by atoms with Crippen LogP contribution in [0.2, 0.25) is 10.0 Å². The molecular formula is C28H25Cl2N5O5. The van der Waals surface area contributed by atoms with Crippen LogP contribution in [-0.2, 0) is 11.8 Å². The SMILES string of the molecule is COC(=O)c1cnc(OC)c(-c2nc3c(n2C(C)C)[C@H](c2ccc(Cl)cc2)N(c2cc(Cl)cn(C)c2=O)C3=O)c1. The minimum atomic E-state index is -0.739. The first-order chi connectivity index (χ1) is 19.1. The highest BCUT2D eigenvalue weighted by Crippen LogP contribution is 2.45. The lowest BCUT2D eigenvalue weighted by Gasteiger charge is -2.28. The summed E-state index contributed by atoms with van der Waals surface area (Å²) in [5.74, 6) is -0.467. The van der Waals surface area contributed by atoms with E-state index >= 15 is 0 Å². The molecule has 0 fully saturated rings. The minimum Gasteiger partial charge on any atom is -0.480 e. The number of hydrogen-bond donors (Lipinski definition) is 0. The van der Waals surface area contributed by atoms with Gasteiger partial charge in [0.25, 0.3) is 11.5 Å². The number of aromatic nitrogens is 4. The van der Waals surface area contributed by atoms with Gasteiger partial charge in [-0.2, -0.15) is 0 Å². The van der Waals surface area contributed by atoms with E-state index in [0.717, 1.165) is 0 Å².